The third-order valence-corrected chi connectivity index (χ3v) is 4.27. The maximum Gasteiger partial charge on any atom is 0.335 e. The topological polar surface area (TPSA) is 78.9 Å². The smallest absolute Gasteiger partial charge is 0.335 e. The quantitative estimate of drug-likeness (QED) is 0.872. The van der Waals surface area contributed by atoms with Crippen LogP contribution in [0, 0.1) is 0 Å². The zero-order chi connectivity index (χ0) is 15.6. The summed E-state index contributed by atoms with van der Waals surface area (Å²) >= 11 is 3.27. The summed E-state index contributed by atoms with van der Waals surface area (Å²) in [6.45, 7) is 2.60. The van der Waals surface area contributed by atoms with Crippen molar-refractivity contribution in [2.24, 2.45) is 0 Å². The number of ether oxygens (including phenoxy) is 1. The number of likely N-dealkylation sites (N-methyl/N-ethyl adjacent to an activating group) is 1. The number of halogens is 1. The summed E-state index contributed by atoms with van der Waals surface area (Å²) in [7, 11) is 1.73. The Labute approximate surface area is 131 Å². The summed E-state index contributed by atoms with van der Waals surface area (Å²) in [6.07, 6.45) is 0.822. The molecule has 1 aromatic carbocycles. The van der Waals surface area contributed by atoms with Crippen LogP contribution in [0.15, 0.2) is 22.7 Å². The Balaban J connectivity index is 2.07. The Bertz CT molecular complexity index is 564. The molecule has 2 unspecified atom stereocenters. The summed E-state index contributed by atoms with van der Waals surface area (Å²) in [4.78, 5) is 24.7. The standard InChI is InChI=1S/C14H17BrN2O4/c1-8-12(5-6-21-8)17(2)14(20)16-11-4-3-9(13(18)19)7-10(11)15/h3-4,7-8,12H,5-6H2,1-2H3,(H,16,20)(H,18,19). The fourth-order valence-corrected chi connectivity index (χ4v) is 2.81. The van der Waals surface area contributed by atoms with E-state index in [0.29, 0.717) is 16.8 Å². The minimum atomic E-state index is -1.01. The molecule has 0 radical (unpaired) electrons. The van der Waals surface area contributed by atoms with Crippen LogP contribution in [0.25, 0.3) is 0 Å². The van der Waals surface area contributed by atoms with Gasteiger partial charge in [-0.2, -0.15) is 0 Å². The van der Waals surface area contributed by atoms with Crippen molar-refractivity contribution in [1.29, 1.82) is 0 Å². The van der Waals surface area contributed by atoms with Gasteiger partial charge in [-0.3, -0.25) is 0 Å². The summed E-state index contributed by atoms with van der Waals surface area (Å²) < 4.78 is 5.98. The number of benzene rings is 1. The highest BCUT2D eigenvalue weighted by atomic mass is 79.9. The van der Waals surface area contributed by atoms with Crippen LogP contribution in [0.4, 0.5) is 10.5 Å². The summed E-state index contributed by atoms with van der Waals surface area (Å²) in [5, 5.41) is 11.7. The van der Waals surface area contributed by atoms with Gasteiger partial charge < -0.3 is 20.1 Å². The maximum absolute atomic E-state index is 12.2. The fourth-order valence-electron chi connectivity index (χ4n) is 2.33. The predicted molar refractivity (Wildman–Crippen MR) is 81.7 cm³/mol. The van der Waals surface area contributed by atoms with E-state index in [9.17, 15) is 9.59 Å². The number of aromatic carboxylic acids is 1. The van der Waals surface area contributed by atoms with E-state index in [1.54, 1.807) is 18.0 Å². The maximum atomic E-state index is 12.2. The molecule has 2 amide bonds. The van der Waals surface area contributed by atoms with Crippen LogP contribution in [-0.2, 0) is 4.74 Å². The van der Waals surface area contributed by atoms with Crippen LogP contribution >= 0.6 is 15.9 Å². The van der Waals surface area contributed by atoms with Crippen LogP contribution in [-0.4, -0.2) is 47.8 Å². The van der Waals surface area contributed by atoms with Crippen molar-refractivity contribution in [3.63, 3.8) is 0 Å². The van der Waals surface area contributed by atoms with Crippen LogP contribution in [0.1, 0.15) is 23.7 Å². The van der Waals surface area contributed by atoms with Crippen LogP contribution in [0.3, 0.4) is 0 Å². The molecule has 0 bridgehead atoms. The number of carboxylic acid groups (broad SMARTS) is 1. The number of nitrogens with zero attached hydrogens (tertiary/aromatic N) is 1. The first kappa shape index (κ1) is 15.8. The number of urea groups is 1. The molecule has 7 heteroatoms. The molecule has 0 aromatic heterocycles. The van der Waals surface area contributed by atoms with E-state index in [0.717, 1.165) is 6.42 Å². The first-order valence-electron chi connectivity index (χ1n) is 6.58. The number of hydrogen-bond donors (Lipinski definition) is 2. The lowest BCUT2D eigenvalue weighted by Crippen LogP contribution is -2.43. The molecule has 1 fully saturated rings. The molecule has 2 N–H and O–H groups in total. The van der Waals surface area contributed by atoms with Gasteiger partial charge >= 0.3 is 12.0 Å². The minimum absolute atomic E-state index is 0.0126. The van der Waals surface area contributed by atoms with Gasteiger partial charge in [0.2, 0.25) is 0 Å². The molecule has 21 heavy (non-hydrogen) atoms. The molecule has 0 saturated carbocycles. The average molecular weight is 357 g/mol. The van der Waals surface area contributed by atoms with Gasteiger partial charge in [-0.05, 0) is 47.5 Å². The number of hydrogen-bond acceptors (Lipinski definition) is 3. The monoisotopic (exact) mass is 356 g/mol. The van der Waals surface area contributed by atoms with Crippen LogP contribution < -0.4 is 5.32 Å². The third-order valence-electron chi connectivity index (χ3n) is 3.61. The van der Waals surface area contributed by atoms with Crippen LogP contribution in [0.5, 0.6) is 0 Å². The van der Waals surface area contributed by atoms with Gasteiger partial charge in [0.1, 0.15) is 0 Å². The van der Waals surface area contributed by atoms with E-state index in [1.807, 2.05) is 6.92 Å². The molecule has 2 rings (SSSR count). The second-order valence-corrected chi connectivity index (χ2v) is 5.83. The van der Waals surface area contributed by atoms with E-state index in [-0.39, 0.29) is 23.7 Å². The molecule has 1 aliphatic rings. The molecule has 1 saturated heterocycles. The SMILES string of the molecule is CC1OCCC1N(C)C(=O)Nc1ccc(C(=O)O)cc1Br. The van der Waals surface area contributed by atoms with Gasteiger partial charge in [-0.1, -0.05) is 0 Å². The fraction of sp³-hybridized carbons (Fsp3) is 0.429. The Hall–Kier alpha value is -1.60. The Kier molecular flexibility index (Phi) is 4.84. The number of anilines is 1. The van der Waals surface area contributed by atoms with Crippen molar-refractivity contribution >= 4 is 33.6 Å². The summed E-state index contributed by atoms with van der Waals surface area (Å²) in [5.41, 5.74) is 0.689. The molecule has 2 atom stereocenters. The minimum Gasteiger partial charge on any atom is -0.478 e. The van der Waals surface area contributed by atoms with Gasteiger partial charge in [-0.25, -0.2) is 9.59 Å². The Morgan fingerprint density at radius 2 is 2.19 bits per heavy atom. The second-order valence-electron chi connectivity index (χ2n) is 4.97. The number of carbonyl (C=O) groups excluding carboxylic acids is 1. The van der Waals surface area contributed by atoms with E-state index >= 15 is 0 Å². The zero-order valence-corrected chi connectivity index (χ0v) is 13.4. The molecule has 114 valence electrons. The lowest BCUT2D eigenvalue weighted by Gasteiger charge is -2.27. The molecule has 0 spiro atoms. The molecule has 1 aromatic rings. The Morgan fingerprint density at radius 1 is 1.48 bits per heavy atom. The lowest BCUT2D eigenvalue weighted by atomic mass is 10.1. The molecule has 1 aliphatic heterocycles. The average Bonchev–Trinajstić information content (AvgIpc) is 2.86. The highest BCUT2D eigenvalue weighted by Crippen LogP contribution is 2.25. The Morgan fingerprint density at radius 3 is 2.71 bits per heavy atom. The number of amides is 2. The normalized spacial score (nSPS) is 21.1. The van der Waals surface area contributed by atoms with Crippen molar-refractivity contribution in [2.45, 2.75) is 25.5 Å². The highest BCUT2D eigenvalue weighted by molar-refractivity contribution is 9.10. The van der Waals surface area contributed by atoms with Gasteiger partial charge in [0.15, 0.2) is 0 Å². The lowest BCUT2D eigenvalue weighted by molar-refractivity contribution is 0.0697. The van der Waals surface area contributed by atoms with E-state index in [1.165, 1.54) is 12.1 Å². The van der Waals surface area contributed by atoms with Crippen molar-refractivity contribution in [2.75, 3.05) is 19.0 Å². The first-order chi connectivity index (χ1) is 9.90. The zero-order valence-electron chi connectivity index (χ0n) is 11.8. The molecular formula is C14H17BrN2O4. The predicted octanol–water partition coefficient (Wildman–Crippen LogP) is 2.79. The number of carbonyl (C=O) groups is 2. The van der Waals surface area contributed by atoms with E-state index in [4.69, 9.17) is 9.84 Å². The van der Waals surface area contributed by atoms with Crippen molar-refractivity contribution in [3.05, 3.63) is 28.2 Å². The first-order valence-corrected chi connectivity index (χ1v) is 7.37. The van der Waals surface area contributed by atoms with E-state index in [2.05, 4.69) is 21.2 Å². The van der Waals surface area contributed by atoms with Gasteiger partial charge in [0, 0.05) is 18.1 Å². The number of rotatable bonds is 3. The van der Waals surface area contributed by atoms with Crippen molar-refractivity contribution < 1.29 is 19.4 Å². The van der Waals surface area contributed by atoms with E-state index < -0.39 is 5.97 Å². The largest absolute Gasteiger partial charge is 0.478 e. The number of nitrogens with one attached hydrogen (secondary N) is 1. The molecule has 1 heterocycles. The molecule has 0 aliphatic carbocycles. The summed E-state index contributed by atoms with van der Waals surface area (Å²) in [5.74, 6) is -1.01. The van der Waals surface area contributed by atoms with Crippen molar-refractivity contribution in [3.8, 4) is 0 Å². The third kappa shape index (κ3) is 3.54. The van der Waals surface area contributed by atoms with Crippen molar-refractivity contribution in [1.82, 2.24) is 4.90 Å². The molecular weight excluding hydrogens is 340 g/mol. The van der Waals surface area contributed by atoms with Gasteiger partial charge in [-0.15, -0.1) is 0 Å². The number of carboxylic acids is 1. The van der Waals surface area contributed by atoms with Gasteiger partial charge in [0.05, 0.1) is 23.4 Å². The molecule has 6 nitrogen and oxygen atoms in total. The summed E-state index contributed by atoms with van der Waals surface area (Å²) in [6, 6.07) is 4.26. The highest BCUT2D eigenvalue weighted by Gasteiger charge is 2.30. The second kappa shape index (κ2) is 6.44. The van der Waals surface area contributed by atoms with Crippen LogP contribution in [0.2, 0.25) is 0 Å². The van der Waals surface area contributed by atoms with Gasteiger partial charge in [0.25, 0.3) is 0 Å².